The van der Waals surface area contributed by atoms with Gasteiger partial charge in [-0.05, 0) is 32.8 Å². The summed E-state index contributed by atoms with van der Waals surface area (Å²) in [6, 6.07) is 0. The molecule has 10 heteroatoms. The molecule has 9 nitrogen and oxygen atoms in total. The summed E-state index contributed by atoms with van der Waals surface area (Å²) in [4.78, 5) is 38.3. The Hall–Kier alpha value is -1.94. The SMILES string of the molecule is C=C1C2CC(C(=O)OCC)C3(C)C(OC(C)=O)CC=C(C)C3C(O)C3(O2)C(OC(=O)C3(C)O)C1Cl. The van der Waals surface area contributed by atoms with E-state index in [-0.39, 0.29) is 13.0 Å². The van der Waals surface area contributed by atoms with E-state index in [9.17, 15) is 24.6 Å². The molecule has 2 bridgehead atoms. The number of hydrogen-bond acceptors (Lipinski definition) is 9. The van der Waals surface area contributed by atoms with Crippen molar-refractivity contribution >= 4 is 29.5 Å². The molecule has 0 amide bonds. The standard InChI is InChI=1S/C25H33ClO9/c1-7-32-21(29)14-10-15-12(3)18(26)20-25(35-15,24(6,31)22(30)34-20)19(28)17-11(2)8-9-16(23(14,17)5)33-13(4)27/h8,14-20,28,31H,3,7,9-10H2,1-2,4-6H3. The Balaban J connectivity index is 1.99. The Labute approximate surface area is 209 Å². The highest BCUT2D eigenvalue weighted by Gasteiger charge is 2.77. The van der Waals surface area contributed by atoms with Crippen LogP contribution in [0.25, 0.3) is 0 Å². The van der Waals surface area contributed by atoms with E-state index in [2.05, 4.69) is 6.58 Å². The molecule has 3 saturated heterocycles. The van der Waals surface area contributed by atoms with Gasteiger partial charge in [0, 0.05) is 24.7 Å². The zero-order chi connectivity index (χ0) is 26.1. The van der Waals surface area contributed by atoms with E-state index in [0.29, 0.717) is 17.6 Å². The number of hydrogen-bond donors (Lipinski definition) is 2. The fourth-order valence-electron chi connectivity index (χ4n) is 6.70. The number of aliphatic hydroxyl groups excluding tert-OH is 1. The van der Waals surface area contributed by atoms with Crippen molar-refractivity contribution in [3.05, 3.63) is 23.8 Å². The van der Waals surface area contributed by atoms with Crippen LogP contribution >= 0.6 is 11.6 Å². The van der Waals surface area contributed by atoms with Gasteiger partial charge in [0.25, 0.3) is 0 Å². The van der Waals surface area contributed by atoms with E-state index < -0.39 is 76.2 Å². The number of carbonyl (C=O) groups excluding carboxylic acids is 3. The lowest BCUT2D eigenvalue weighted by atomic mass is 9.51. The molecular weight excluding hydrogens is 480 g/mol. The number of aliphatic hydroxyl groups is 2. The van der Waals surface area contributed by atoms with Crippen LogP contribution in [0.4, 0.5) is 0 Å². The predicted octanol–water partition coefficient (Wildman–Crippen LogP) is 1.81. The number of rotatable bonds is 3. The second-order valence-corrected chi connectivity index (χ2v) is 10.9. The van der Waals surface area contributed by atoms with Crippen molar-refractivity contribution < 1.29 is 43.5 Å². The molecule has 0 aromatic heterocycles. The van der Waals surface area contributed by atoms with E-state index in [0.717, 1.165) is 0 Å². The van der Waals surface area contributed by atoms with Crippen LogP contribution in [0.2, 0.25) is 0 Å². The summed E-state index contributed by atoms with van der Waals surface area (Å²) in [6.07, 6.45) is -2.34. The van der Waals surface area contributed by atoms with Crippen molar-refractivity contribution in [3.63, 3.8) is 0 Å². The van der Waals surface area contributed by atoms with Crippen molar-refractivity contribution in [1.82, 2.24) is 0 Å². The van der Waals surface area contributed by atoms with Crippen LogP contribution in [0, 0.1) is 17.3 Å². The summed E-state index contributed by atoms with van der Waals surface area (Å²) >= 11 is 6.70. The van der Waals surface area contributed by atoms with Crippen molar-refractivity contribution in [2.45, 2.75) is 88.5 Å². The number of ether oxygens (including phenoxy) is 4. The van der Waals surface area contributed by atoms with Gasteiger partial charge in [-0.1, -0.05) is 25.2 Å². The summed E-state index contributed by atoms with van der Waals surface area (Å²) < 4.78 is 23.0. The van der Waals surface area contributed by atoms with E-state index in [1.807, 2.05) is 6.08 Å². The minimum atomic E-state index is -2.25. The van der Waals surface area contributed by atoms with Crippen LogP contribution in [-0.4, -0.2) is 75.7 Å². The molecule has 10 unspecified atom stereocenters. The molecule has 3 aliphatic heterocycles. The number of esters is 3. The Morgan fingerprint density at radius 1 is 1.34 bits per heavy atom. The summed E-state index contributed by atoms with van der Waals surface area (Å²) in [5.74, 6) is -3.82. The van der Waals surface area contributed by atoms with Gasteiger partial charge >= 0.3 is 17.9 Å². The third-order valence-electron chi connectivity index (χ3n) is 8.53. The predicted molar refractivity (Wildman–Crippen MR) is 123 cm³/mol. The Morgan fingerprint density at radius 3 is 2.60 bits per heavy atom. The van der Waals surface area contributed by atoms with Gasteiger partial charge in [0.1, 0.15) is 6.10 Å². The second-order valence-electron chi connectivity index (χ2n) is 10.4. The van der Waals surface area contributed by atoms with Gasteiger partial charge in [0.05, 0.1) is 30.1 Å². The summed E-state index contributed by atoms with van der Waals surface area (Å²) in [5, 5.41) is 22.6. The number of fused-ring (bicyclic) bond motifs is 2. The summed E-state index contributed by atoms with van der Waals surface area (Å²) in [5.41, 5.74) is -4.35. The third-order valence-corrected chi connectivity index (χ3v) is 9.04. The highest BCUT2D eigenvalue weighted by atomic mass is 35.5. The first kappa shape index (κ1) is 26.1. The van der Waals surface area contributed by atoms with Crippen molar-refractivity contribution in [1.29, 1.82) is 0 Å². The molecule has 0 aromatic carbocycles. The molecule has 1 aliphatic carbocycles. The van der Waals surface area contributed by atoms with Crippen LogP contribution in [0.3, 0.4) is 0 Å². The normalized spacial score (nSPS) is 46.9. The fourth-order valence-corrected chi connectivity index (χ4v) is 7.08. The number of alkyl halides is 1. The van der Waals surface area contributed by atoms with Crippen molar-refractivity contribution in [2.75, 3.05) is 6.61 Å². The average molecular weight is 513 g/mol. The van der Waals surface area contributed by atoms with Gasteiger partial charge in [0.2, 0.25) is 0 Å². The topological polar surface area (TPSA) is 129 Å². The molecule has 4 aliphatic rings. The largest absolute Gasteiger partial charge is 0.466 e. The Bertz CT molecular complexity index is 989. The Morgan fingerprint density at radius 2 is 2.00 bits per heavy atom. The molecule has 194 valence electrons. The molecule has 4 rings (SSSR count). The maximum atomic E-state index is 13.4. The molecule has 3 heterocycles. The molecule has 0 aromatic rings. The van der Waals surface area contributed by atoms with E-state index >= 15 is 0 Å². The minimum absolute atomic E-state index is 0.0321. The average Bonchev–Trinajstić information content (AvgIpc) is 2.97. The molecular formula is C25H33ClO9. The van der Waals surface area contributed by atoms with Gasteiger partial charge in [-0.2, -0.15) is 0 Å². The molecule has 0 radical (unpaired) electrons. The van der Waals surface area contributed by atoms with Crippen LogP contribution in [0.15, 0.2) is 23.8 Å². The maximum Gasteiger partial charge on any atom is 0.341 e. The highest BCUT2D eigenvalue weighted by molar-refractivity contribution is 6.23. The van der Waals surface area contributed by atoms with Crippen molar-refractivity contribution in [3.8, 4) is 0 Å². The molecule has 35 heavy (non-hydrogen) atoms. The van der Waals surface area contributed by atoms with Gasteiger partial charge in [-0.3, -0.25) is 9.59 Å². The summed E-state index contributed by atoms with van der Waals surface area (Å²) in [7, 11) is 0. The van der Waals surface area contributed by atoms with Gasteiger partial charge in [-0.15, -0.1) is 11.6 Å². The summed E-state index contributed by atoms with van der Waals surface area (Å²) in [6.45, 7) is 11.9. The zero-order valence-electron chi connectivity index (χ0n) is 20.6. The number of halogens is 1. The van der Waals surface area contributed by atoms with E-state index in [1.54, 1.807) is 20.8 Å². The minimum Gasteiger partial charge on any atom is -0.466 e. The van der Waals surface area contributed by atoms with Crippen molar-refractivity contribution in [2.24, 2.45) is 17.3 Å². The van der Waals surface area contributed by atoms with Gasteiger partial charge in [0.15, 0.2) is 17.3 Å². The molecule has 2 N–H and O–H groups in total. The van der Waals surface area contributed by atoms with Crippen LogP contribution in [0.1, 0.15) is 47.5 Å². The lowest BCUT2D eigenvalue weighted by molar-refractivity contribution is -0.279. The van der Waals surface area contributed by atoms with Crippen LogP contribution in [-0.2, 0) is 33.3 Å². The van der Waals surface area contributed by atoms with E-state index in [4.69, 9.17) is 30.5 Å². The first-order chi connectivity index (χ1) is 16.2. The monoisotopic (exact) mass is 512 g/mol. The smallest absolute Gasteiger partial charge is 0.341 e. The third kappa shape index (κ3) is 3.42. The van der Waals surface area contributed by atoms with Crippen LogP contribution < -0.4 is 0 Å². The lowest BCUT2D eigenvalue weighted by Gasteiger charge is -2.60. The fraction of sp³-hybridized carbons (Fsp3) is 0.720. The maximum absolute atomic E-state index is 13.4. The molecule has 10 atom stereocenters. The number of carbonyl (C=O) groups is 3. The molecule has 0 saturated carbocycles. The van der Waals surface area contributed by atoms with Gasteiger partial charge < -0.3 is 29.2 Å². The lowest BCUT2D eigenvalue weighted by Crippen LogP contribution is -2.75. The van der Waals surface area contributed by atoms with Gasteiger partial charge in [-0.25, -0.2) is 4.79 Å². The highest BCUT2D eigenvalue weighted by Crippen LogP contribution is 2.61. The quantitative estimate of drug-likeness (QED) is 0.252. The van der Waals surface area contributed by atoms with Crippen LogP contribution in [0.5, 0.6) is 0 Å². The second kappa shape index (κ2) is 8.57. The van der Waals surface area contributed by atoms with E-state index in [1.165, 1.54) is 13.8 Å². The zero-order valence-corrected chi connectivity index (χ0v) is 21.3. The molecule has 1 spiro atoms. The first-order valence-corrected chi connectivity index (χ1v) is 12.3. The first-order valence-electron chi connectivity index (χ1n) is 11.9. The molecule has 3 fully saturated rings. The Kier molecular flexibility index (Phi) is 6.40.